The summed E-state index contributed by atoms with van der Waals surface area (Å²) < 4.78 is 69.2. The van der Waals surface area contributed by atoms with E-state index in [2.05, 4.69) is 10.1 Å². The highest BCUT2D eigenvalue weighted by Crippen LogP contribution is 2.55. The zero-order valence-corrected chi connectivity index (χ0v) is 18.2. The molecule has 2 aromatic heterocycles. The van der Waals surface area contributed by atoms with E-state index < -0.39 is 56.6 Å². The van der Waals surface area contributed by atoms with Gasteiger partial charge in [0, 0.05) is 25.7 Å². The van der Waals surface area contributed by atoms with Crippen LogP contribution in [0.1, 0.15) is 25.3 Å². The maximum atomic E-state index is 13.6. The molecule has 0 unspecified atom stereocenters. The largest absolute Gasteiger partial charge is 0.412 e. The van der Waals surface area contributed by atoms with Gasteiger partial charge in [0.15, 0.2) is 5.54 Å². The number of carbonyl (C=O) groups is 1. The lowest BCUT2D eigenvalue weighted by Gasteiger charge is -2.31. The van der Waals surface area contributed by atoms with Crippen molar-refractivity contribution >= 4 is 26.8 Å². The molecule has 1 saturated carbocycles. The monoisotopic (exact) mass is 485 g/mol. The third kappa shape index (κ3) is 3.63. The molecule has 0 saturated heterocycles. The van der Waals surface area contributed by atoms with Gasteiger partial charge in [-0.1, -0.05) is 0 Å². The van der Waals surface area contributed by atoms with E-state index >= 15 is 0 Å². The first kappa shape index (κ1) is 22.8. The Labute approximate surface area is 184 Å². The second-order valence-corrected chi connectivity index (χ2v) is 9.66. The fraction of sp³-hybridized carbons (Fsp3) is 0.368. The Morgan fingerprint density at radius 3 is 2.45 bits per heavy atom. The van der Waals surface area contributed by atoms with Crippen molar-refractivity contribution in [1.82, 2.24) is 23.6 Å². The molecule has 14 heteroatoms. The average molecular weight is 485 g/mol. The fourth-order valence-corrected chi connectivity index (χ4v) is 5.60. The number of hydrogen-bond acceptors (Lipinski definition) is 6. The van der Waals surface area contributed by atoms with Crippen molar-refractivity contribution in [2.24, 2.45) is 7.05 Å². The summed E-state index contributed by atoms with van der Waals surface area (Å²) >= 11 is 0. The molecular weight excluding hydrogens is 467 g/mol. The molecule has 1 aliphatic carbocycles. The summed E-state index contributed by atoms with van der Waals surface area (Å²) in [5.74, 6) is -1.29. The molecule has 10 nitrogen and oxygen atoms in total. The number of aromatic amines is 1. The van der Waals surface area contributed by atoms with Gasteiger partial charge in [0.2, 0.25) is 5.91 Å². The van der Waals surface area contributed by atoms with Gasteiger partial charge < -0.3 is 4.98 Å². The summed E-state index contributed by atoms with van der Waals surface area (Å²) in [4.78, 5) is 39.2. The minimum atomic E-state index is -4.96. The Kier molecular flexibility index (Phi) is 5.03. The van der Waals surface area contributed by atoms with Crippen LogP contribution in [0, 0.1) is 0 Å². The van der Waals surface area contributed by atoms with Gasteiger partial charge in [-0.2, -0.15) is 18.3 Å². The average Bonchev–Trinajstić information content (AvgIpc) is 3.39. The number of aryl methyl sites for hydroxylation is 1. The van der Waals surface area contributed by atoms with E-state index in [0.29, 0.717) is 5.56 Å². The molecular formula is C19H18F3N5O5S. The van der Waals surface area contributed by atoms with Crippen molar-refractivity contribution < 1.29 is 26.4 Å². The molecule has 0 radical (unpaired) electrons. The van der Waals surface area contributed by atoms with E-state index in [1.165, 1.54) is 10.9 Å². The summed E-state index contributed by atoms with van der Waals surface area (Å²) in [6, 6.07) is 2.91. The van der Waals surface area contributed by atoms with Crippen LogP contribution < -0.4 is 11.2 Å². The number of carbonyl (C=O) groups excluding carboxylic acids is 1. The lowest BCUT2D eigenvalue weighted by Crippen LogP contribution is -2.53. The number of benzene rings is 1. The van der Waals surface area contributed by atoms with Crippen LogP contribution in [0.15, 0.2) is 45.1 Å². The number of halogens is 3. The van der Waals surface area contributed by atoms with E-state index in [1.807, 2.05) is 0 Å². The van der Waals surface area contributed by atoms with Gasteiger partial charge in [-0.25, -0.2) is 17.5 Å². The summed E-state index contributed by atoms with van der Waals surface area (Å²) in [5.41, 5.74) is -3.89. The molecule has 0 aliphatic heterocycles. The van der Waals surface area contributed by atoms with Crippen LogP contribution in [0.4, 0.5) is 13.2 Å². The number of H-pyrrole nitrogens is 1. The highest BCUT2D eigenvalue weighted by Gasteiger charge is 2.70. The Morgan fingerprint density at radius 1 is 1.27 bits per heavy atom. The Balaban J connectivity index is 1.85. The number of alkyl halides is 3. The van der Waals surface area contributed by atoms with E-state index in [1.54, 1.807) is 13.2 Å². The normalized spacial score (nSPS) is 15.5. The van der Waals surface area contributed by atoms with Gasteiger partial charge in [0.05, 0.1) is 28.5 Å². The van der Waals surface area contributed by atoms with Crippen molar-refractivity contribution in [3.8, 4) is 0 Å². The zero-order chi connectivity index (χ0) is 24.3. The summed E-state index contributed by atoms with van der Waals surface area (Å²) in [6.07, 6.45) is -3.03. The maximum Gasteiger partial charge on any atom is 0.412 e. The van der Waals surface area contributed by atoms with Gasteiger partial charge in [-0.3, -0.25) is 18.8 Å². The number of amides is 1. The van der Waals surface area contributed by atoms with E-state index in [9.17, 15) is 36.0 Å². The molecule has 1 amide bonds. The van der Waals surface area contributed by atoms with Crippen LogP contribution >= 0.6 is 0 Å². The molecule has 4 rings (SSSR count). The molecule has 0 spiro atoms. The van der Waals surface area contributed by atoms with Crippen molar-refractivity contribution in [2.75, 3.05) is 0 Å². The Bertz CT molecular complexity index is 1500. The van der Waals surface area contributed by atoms with E-state index in [4.69, 9.17) is 0 Å². The van der Waals surface area contributed by atoms with Crippen LogP contribution in [-0.2, 0) is 28.4 Å². The number of nitrogens with zero attached hydrogens (tertiary/aromatic N) is 4. The first-order chi connectivity index (χ1) is 15.3. The van der Waals surface area contributed by atoms with Crippen LogP contribution in [0.25, 0.3) is 10.9 Å². The van der Waals surface area contributed by atoms with Crippen molar-refractivity contribution in [1.29, 1.82) is 0 Å². The summed E-state index contributed by atoms with van der Waals surface area (Å²) in [6.45, 7) is 0.578. The maximum absolute atomic E-state index is 13.6. The first-order valence-electron chi connectivity index (χ1n) is 9.65. The molecule has 1 aliphatic rings. The molecule has 1 N–H and O–H groups in total. The van der Waals surface area contributed by atoms with Crippen LogP contribution in [0.3, 0.4) is 0 Å². The molecule has 3 aromatic rings. The number of rotatable bonds is 5. The van der Waals surface area contributed by atoms with Gasteiger partial charge in [-0.15, -0.1) is 0 Å². The van der Waals surface area contributed by atoms with Crippen molar-refractivity contribution in [3.63, 3.8) is 0 Å². The zero-order valence-electron chi connectivity index (χ0n) is 17.4. The number of fused-ring (bicyclic) bond motifs is 1. The van der Waals surface area contributed by atoms with Crippen LogP contribution in [0.2, 0.25) is 0 Å². The molecule has 2 heterocycles. The molecule has 33 heavy (non-hydrogen) atoms. The SMILES string of the molecule is CC(=O)N(C1(C(F)(F)F)CC1)S(=O)(=O)c1ccc2[nH]c(=O)n(Cc3cnn(C)c3)c(=O)c2c1. The minimum absolute atomic E-state index is 0.00211. The van der Waals surface area contributed by atoms with E-state index in [0.717, 1.165) is 29.7 Å². The lowest BCUT2D eigenvalue weighted by atomic mass is 10.2. The van der Waals surface area contributed by atoms with Crippen LogP contribution in [0.5, 0.6) is 0 Å². The minimum Gasteiger partial charge on any atom is -0.307 e. The first-order valence-corrected chi connectivity index (χ1v) is 11.1. The van der Waals surface area contributed by atoms with Gasteiger partial charge in [-0.05, 0) is 31.0 Å². The second kappa shape index (κ2) is 7.30. The van der Waals surface area contributed by atoms with Gasteiger partial charge in [0.25, 0.3) is 15.6 Å². The lowest BCUT2D eigenvalue weighted by molar-refractivity contribution is -0.186. The quantitative estimate of drug-likeness (QED) is 0.577. The predicted molar refractivity (Wildman–Crippen MR) is 109 cm³/mol. The van der Waals surface area contributed by atoms with Crippen molar-refractivity contribution in [2.45, 2.75) is 42.9 Å². The summed E-state index contributed by atoms with van der Waals surface area (Å²) in [5, 5.41) is 3.71. The molecule has 176 valence electrons. The highest BCUT2D eigenvalue weighted by molar-refractivity contribution is 7.89. The van der Waals surface area contributed by atoms with Gasteiger partial charge >= 0.3 is 11.9 Å². The third-order valence-corrected chi connectivity index (χ3v) is 7.45. The highest BCUT2D eigenvalue weighted by atomic mass is 32.2. The number of hydrogen-bond donors (Lipinski definition) is 1. The fourth-order valence-electron chi connectivity index (χ4n) is 3.80. The standard InChI is InChI=1S/C19H18F3N5O5S/c1-11(28)27(18(5-6-18)19(20,21)22)33(31,32)13-3-4-15-14(7-13)16(29)26(17(30)24-15)10-12-8-23-25(2)9-12/h3-4,7-9H,5-6,10H2,1-2H3,(H,24,30). The Morgan fingerprint density at radius 2 is 1.94 bits per heavy atom. The summed E-state index contributed by atoms with van der Waals surface area (Å²) in [7, 11) is -3.31. The molecule has 0 bridgehead atoms. The predicted octanol–water partition coefficient (Wildman–Crippen LogP) is 1.10. The van der Waals surface area contributed by atoms with E-state index in [-0.39, 0.29) is 21.8 Å². The molecule has 0 atom stereocenters. The number of aromatic nitrogens is 4. The van der Waals surface area contributed by atoms with Gasteiger partial charge in [0.1, 0.15) is 0 Å². The second-order valence-electron chi connectivity index (χ2n) is 7.87. The van der Waals surface area contributed by atoms with Crippen molar-refractivity contribution in [3.05, 3.63) is 57.0 Å². The van der Waals surface area contributed by atoms with Crippen LogP contribution in [-0.4, -0.2) is 49.7 Å². The molecule has 1 fully saturated rings. The third-order valence-electron chi connectivity index (χ3n) is 5.52. The number of nitrogens with one attached hydrogen (secondary N) is 1. The molecule has 1 aromatic carbocycles. The topological polar surface area (TPSA) is 127 Å². The Hall–Kier alpha value is -3.42. The smallest absolute Gasteiger partial charge is 0.307 e. The number of sulfonamides is 1.